The van der Waals surface area contributed by atoms with Crippen LogP contribution in [0.1, 0.15) is 44.9 Å². The van der Waals surface area contributed by atoms with Crippen LogP contribution in [0.25, 0.3) is 0 Å². The first-order valence-electron chi connectivity index (χ1n) is 9.34. The monoisotopic (exact) mass is 345 g/mol. The molecular weight excluding hydrogens is 318 g/mol. The van der Waals surface area contributed by atoms with Gasteiger partial charge in [0.2, 0.25) is 11.8 Å². The predicted molar refractivity (Wildman–Crippen MR) is 95.2 cm³/mol. The van der Waals surface area contributed by atoms with Crippen LogP contribution in [0.3, 0.4) is 0 Å². The van der Waals surface area contributed by atoms with E-state index in [1.807, 2.05) is 12.1 Å². The van der Waals surface area contributed by atoms with Crippen molar-refractivity contribution >= 4 is 17.5 Å². The molecule has 0 radical (unpaired) electrons. The summed E-state index contributed by atoms with van der Waals surface area (Å²) in [4.78, 5) is 32.8. The summed E-state index contributed by atoms with van der Waals surface area (Å²) >= 11 is 0. The van der Waals surface area contributed by atoms with Crippen molar-refractivity contribution in [3.8, 4) is 0 Å². The Morgan fingerprint density at radius 2 is 2.00 bits per heavy atom. The summed E-state index contributed by atoms with van der Waals surface area (Å²) in [6, 6.07) is 3.67. The van der Waals surface area contributed by atoms with Gasteiger partial charge in [-0.3, -0.25) is 14.6 Å². The highest BCUT2D eigenvalue weighted by molar-refractivity contribution is 5.96. The minimum atomic E-state index is -0.0457. The standard InChI is InChI=1S/C19H27N3O3/c23-18-7-3-1-2-4-12-21(18)15-19(24)22(14-17-6-5-13-25-17)16-8-10-20-11-9-16/h8-11,17H,1-7,12-15H2/t17-/m0/s1. The first-order valence-corrected chi connectivity index (χ1v) is 9.34. The van der Waals surface area contributed by atoms with Gasteiger partial charge in [-0.1, -0.05) is 12.8 Å². The molecule has 136 valence electrons. The van der Waals surface area contributed by atoms with Crippen molar-refractivity contribution in [1.29, 1.82) is 0 Å². The van der Waals surface area contributed by atoms with E-state index < -0.39 is 0 Å². The molecule has 0 bridgehead atoms. The van der Waals surface area contributed by atoms with Crippen LogP contribution in [0.5, 0.6) is 0 Å². The largest absolute Gasteiger partial charge is 0.376 e. The van der Waals surface area contributed by atoms with E-state index >= 15 is 0 Å². The Morgan fingerprint density at radius 3 is 2.76 bits per heavy atom. The molecule has 6 nitrogen and oxygen atoms in total. The molecule has 1 aromatic heterocycles. The number of rotatable bonds is 5. The summed E-state index contributed by atoms with van der Waals surface area (Å²) in [6.45, 7) is 2.11. The van der Waals surface area contributed by atoms with E-state index in [2.05, 4.69) is 4.98 Å². The average Bonchev–Trinajstić information content (AvgIpc) is 3.13. The summed E-state index contributed by atoms with van der Waals surface area (Å²) < 4.78 is 5.71. The summed E-state index contributed by atoms with van der Waals surface area (Å²) in [5, 5.41) is 0. The molecule has 0 aliphatic carbocycles. The maximum absolute atomic E-state index is 13.0. The fourth-order valence-electron chi connectivity index (χ4n) is 3.50. The minimum absolute atomic E-state index is 0.0457. The van der Waals surface area contributed by atoms with Gasteiger partial charge >= 0.3 is 0 Å². The maximum atomic E-state index is 13.0. The third kappa shape index (κ3) is 5.01. The van der Waals surface area contributed by atoms with Crippen LogP contribution >= 0.6 is 0 Å². The number of carbonyl (C=O) groups excluding carboxylic acids is 2. The SMILES string of the molecule is O=C1CCCCCCN1CC(=O)N(C[C@@H]1CCCO1)c1ccncc1. The maximum Gasteiger partial charge on any atom is 0.246 e. The van der Waals surface area contributed by atoms with Crippen molar-refractivity contribution < 1.29 is 14.3 Å². The van der Waals surface area contributed by atoms with Crippen molar-refractivity contribution in [2.45, 2.75) is 51.0 Å². The lowest BCUT2D eigenvalue weighted by Crippen LogP contribution is -2.46. The molecule has 2 amide bonds. The second-order valence-corrected chi connectivity index (χ2v) is 6.82. The molecule has 1 aromatic rings. The number of anilines is 1. The highest BCUT2D eigenvalue weighted by Gasteiger charge is 2.26. The van der Waals surface area contributed by atoms with Crippen LogP contribution < -0.4 is 4.90 Å². The third-order valence-corrected chi connectivity index (χ3v) is 4.93. The van der Waals surface area contributed by atoms with Crippen LogP contribution in [-0.4, -0.2) is 54.0 Å². The molecule has 0 aromatic carbocycles. The van der Waals surface area contributed by atoms with Gasteiger partial charge in [0.15, 0.2) is 0 Å². The number of nitrogens with zero attached hydrogens (tertiary/aromatic N) is 3. The fraction of sp³-hybridized carbons (Fsp3) is 0.632. The lowest BCUT2D eigenvalue weighted by Gasteiger charge is -2.30. The van der Waals surface area contributed by atoms with E-state index in [-0.39, 0.29) is 24.5 Å². The summed E-state index contributed by atoms with van der Waals surface area (Å²) in [5.41, 5.74) is 0.815. The zero-order valence-corrected chi connectivity index (χ0v) is 14.7. The summed E-state index contributed by atoms with van der Waals surface area (Å²) in [5.74, 6) is 0.0514. The molecule has 25 heavy (non-hydrogen) atoms. The molecule has 2 saturated heterocycles. The van der Waals surface area contributed by atoms with E-state index in [9.17, 15) is 9.59 Å². The molecule has 3 rings (SSSR count). The normalized spacial score (nSPS) is 21.7. The minimum Gasteiger partial charge on any atom is -0.376 e. The number of aromatic nitrogens is 1. The van der Waals surface area contributed by atoms with Gasteiger partial charge < -0.3 is 14.5 Å². The molecule has 2 fully saturated rings. The Bertz CT molecular complexity index is 573. The molecule has 0 unspecified atom stereocenters. The summed E-state index contributed by atoms with van der Waals surface area (Å²) in [6.07, 6.45) is 10.1. The van der Waals surface area contributed by atoms with Crippen LogP contribution in [-0.2, 0) is 14.3 Å². The highest BCUT2D eigenvalue weighted by Crippen LogP contribution is 2.20. The summed E-state index contributed by atoms with van der Waals surface area (Å²) in [7, 11) is 0. The van der Waals surface area contributed by atoms with E-state index in [0.29, 0.717) is 19.5 Å². The van der Waals surface area contributed by atoms with Crippen LogP contribution in [0, 0.1) is 0 Å². The number of ether oxygens (including phenoxy) is 1. The molecule has 2 aliphatic heterocycles. The molecular formula is C19H27N3O3. The highest BCUT2D eigenvalue weighted by atomic mass is 16.5. The van der Waals surface area contributed by atoms with Gasteiger partial charge in [-0.15, -0.1) is 0 Å². The number of carbonyl (C=O) groups is 2. The Hall–Kier alpha value is -1.95. The zero-order chi connectivity index (χ0) is 17.5. The Balaban J connectivity index is 1.70. The van der Waals surface area contributed by atoms with Gasteiger partial charge in [0.1, 0.15) is 6.54 Å². The zero-order valence-electron chi connectivity index (χ0n) is 14.7. The second kappa shape index (κ2) is 8.94. The van der Waals surface area contributed by atoms with E-state index in [0.717, 1.165) is 50.8 Å². The molecule has 0 N–H and O–H groups in total. The number of hydrogen-bond acceptors (Lipinski definition) is 4. The fourth-order valence-corrected chi connectivity index (χ4v) is 3.50. The van der Waals surface area contributed by atoms with Crippen LogP contribution in [0.2, 0.25) is 0 Å². The molecule has 3 heterocycles. The van der Waals surface area contributed by atoms with Crippen molar-refractivity contribution in [3.05, 3.63) is 24.5 Å². The van der Waals surface area contributed by atoms with Crippen LogP contribution in [0.15, 0.2) is 24.5 Å². The van der Waals surface area contributed by atoms with E-state index in [1.54, 1.807) is 22.2 Å². The Morgan fingerprint density at radius 1 is 1.20 bits per heavy atom. The molecule has 0 spiro atoms. The topological polar surface area (TPSA) is 62.7 Å². The second-order valence-electron chi connectivity index (χ2n) is 6.82. The van der Waals surface area contributed by atoms with Crippen molar-refractivity contribution in [3.63, 3.8) is 0 Å². The van der Waals surface area contributed by atoms with Gasteiger partial charge in [-0.05, 0) is 37.8 Å². The van der Waals surface area contributed by atoms with Crippen molar-refractivity contribution in [2.75, 3.05) is 31.1 Å². The smallest absolute Gasteiger partial charge is 0.246 e. The Kier molecular flexibility index (Phi) is 6.39. The van der Waals surface area contributed by atoms with Crippen LogP contribution in [0.4, 0.5) is 5.69 Å². The number of hydrogen-bond donors (Lipinski definition) is 0. The van der Waals surface area contributed by atoms with Crippen molar-refractivity contribution in [2.24, 2.45) is 0 Å². The number of pyridine rings is 1. The molecule has 1 atom stereocenters. The average molecular weight is 345 g/mol. The lowest BCUT2D eigenvalue weighted by molar-refractivity contribution is -0.135. The van der Waals surface area contributed by atoms with E-state index in [1.165, 1.54) is 0 Å². The first kappa shape index (κ1) is 17.9. The quantitative estimate of drug-likeness (QED) is 0.822. The number of likely N-dealkylation sites (tertiary alicyclic amines) is 1. The molecule has 2 aliphatic rings. The third-order valence-electron chi connectivity index (χ3n) is 4.93. The number of amides is 2. The van der Waals surface area contributed by atoms with E-state index in [4.69, 9.17) is 4.74 Å². The Labute approximate surface area is 149 Å². The first-order chi connectivity index (χ1) is 12.2. The van der Waals surface area contributed by atoms with Gasteiger partial charge in [0.25, 0.3) is 0 Å². The predicted octanol–water partition coefficient (Wildman–Crippen LogP) is 2.39. The van der Waals surface area contributed by atoms with Gasteiger partial charge in [-0.2, -0.15) is 0 Å². The molecule has 0 saturated carbocycles. The van der Waals surface area contributed by atoms with Crippen molar-refractivity contribution in [1.82, 2.24) is 9.88 Å². The van der Waals surface area contributed by atoms with Gasteiger partial charge in [0.05, 0.1) is 12.6 Å². The lowest BCUT2D eigenvalue weighted by atomic mass is 10.1. The van der Waals surface area contributed by atoms with Gasteiger partial charge in [0, 0.05) is 37.7 Å². The van der Waals surface area contributed by atoms with Gasteiger partial charge in [-0.25, -0.2) is 0 Å². The molecule has 6 heteroatoms.